The lowest BCUT2D eigenvalue weighted by Crippen LogP contribution is -2.17. The van der Waals surface area contributed by atoms with Crippen LogP contribution < -0.4 is 0 Å². The fraction of sp³-hybridized carbons (Fsp3) is 0.733. The Morgan fingerprint density at radius 3 is 1.75 bits per heavy atom. The van der Waals surface area contributed by atoms with Crippen LogP contribution in [0, 0.1) is 0 Å². The van der Waals surface area contributed by atoms with Gasteiger partial charge in [-0.3, -0.25) is 0 Å². The summed E-state index contributed by atoms with van der Waals surface area (Å²) in [6.07, 6.45) is 0. The van der Waals surface area contributed by atoms with Crippen molar-refractivity contribution in [1.29, 1.82) is 0 Å². The van der Waals surface area contributed by atoms with Gasteiger partial charge in [-0.1, -0.05) is 55.4 Å². The summed E-state index contributed by atoms with van der Waals surface area (Å²) in [4.78, 5) is 1.56. The van der Waals surface area contributed by atoms with E-state index in [9.17, 15) is 0 Å². The predicted octanol–water partition coefficient (Wildman–Crippen LogP) is 5.47. The van der Waals surface area contributed by atoms with E-state index in [1.165, 1.54) is 5.56 Å². The summed E-state index contributed by atoms with van der Waals surface area (Å²) in [5, 5.41) is 2.37. The maximum Gasteiger partial charge on any atom is 0.0136 e. The van der Waals surface area contributed by atoms with E-state index >= 15 is 0 Å². The molecule has 0 saturated carbocycles. The summed E-state index contributed by atoms with van der Waals surface area (Å²) in [6.45, 7) is 18.5. The third kappa shape index (κ3) is 2.68. The molecule has 0 saturated heterocycles. The average Bonchev–Trinajstić information content (AvgIpc) is 2.43. The molecule has 0 N–H and O–H groups in total. The van der Waals surface area contributed by atoms with E-state index in [2.05, 4.69) is 60.8 Å². The van der Waals surface area contributed by atoms with Gasteiger partial charge < -0.3 is 0 Å². The smallest absolute Gasteiger partial charge is 0.0136 e. The standard InChI is InChI=1S/C15H26S/c1-10(2)12-11(14(3,4)5)9-16-13(12)15(6,7)8/h9-10H,1-8H3. The Morgan fingerprint density at radius 2 is 1.44 bits per heavy atom. The van der Waals surface area contributed by atoms with Crippen LogP contribution in [0.3, 0.4) is 0 Å². The van der Waals surface area contributed by atoms with Crippen LogP contribution in [0.5, 0.6) is 0 Å². The zero-order valence-electron chi connectivity index (χ0n) is 12.1. The van der Waals surface area contributed by atoms with Crippen molar-refractivity contribution in [3.63, 3.8) is 0 Å². The molecule has 0 aliphatic heterocycles. The van der Waals surface area contributed by atoms with Crippen molar-refractivity contribution in [2.24, 2.45) is 0 Å². The largest absolute Gasteiger partial charge is 0.148 e. The number of hydrogen-bond acceptors (Lipinski definition) is 1. The first-order valence-electron chi connectivity index (χ1n) is 6.17. The Labute approximate surface area is 105 Å². The Bertz CT molecular complexity index is 324. The van der Waals surface area contributed by atoms with E-state index in [1.807, 2.05) is 11.3 Å². The highest BCUT2D eigenvalue weighted by molar-refractivity contribution is 7.10. The summed E-state index contributed by atoms with van der Waals surface area (Å²) >= 11 is 1.94. The van der Waals surface area contributed by atoms with Crippen molar-refractivity contribution in [2.75, 3.05) is 0 Å². The summed E-state index contributed by atoms with van der Waals surface area (Å²) < 4.78 is 0. The van der Waals surface area contributed by atoms with E-state index < -0.39 is 0 Å². The molecule has 0 aliphatic rings. The average molecular weight is 238 g/mol. The van der Waals surface area contributed by atoms with Crippen LogP contribution in [-0.4, -0.2) is 0 Å². The minimum Gasteiger partial charge on any atom is -0.148 e. The second-order valence-electron chi connectivity index (χ2n) is 7.05. The fourth-order valence-electron chi connectivity index (χ4n) is 2.10. The molecule has 92 valence electrons. The number of thiophene rings is 1. The SMILES string of the molecule is CC(C)c1c(C(C)(C)C)csc1C(C)(C)C. The van der Waals surface area contributed by atoms with E-state index in [0.29, 0.717) is 5.92 Å². The van der Waals surface area contributed by atoms with Gasteiger partial charge in [0.15, 0.2) is 0 Å². The zero-order valence-corrected chi connectivity index (χ0v) is 12.9. The molecular weight excluding hydrogens is 212 g/mol. The lowest BCUT2D eigenvalue weighted by Gasteiger charge is -2.26. The maximum atomic E-state index is 2.37. The number of hydrogen-bond donors (Lipinski definition) is 0. The van der Waals surface area contributed by atoms with E-state index in [-0.39, 0.29) is 10.8 Å². The van der Waals surface area contributed by atoms with Crippen LogP contribution >= 0.6 is 11.3 Å². The van der Waals surface area contributed by atoms with Gasteiger partial charge in [-0.05, 0) is 33.3 Å². The van der Waals surface area contributed by atoms with Crippen molar-refractivity contribution in [3.05, 3.63) is 21.4 Å². The third-order valence-corrected chi connectivity index (χ3v) is 4.32. The van der Waals surface area contributed by atoms with Gasteiger partial charge in [0.05, 0.1) is 0 Å². The Balaban J connectivity index is 3.41. The lowest BCUT2D eigenvalue weighted by atomic mass is 9.79. The molecule has 0 unspecified atom stereocenters. The van der Waals surface area contributed by atoms with Crippen LogP contribution in [0.15, 0.2) is 5.38 Å². The summed E-state index contributed by atoms with van der Waals surface area (Å²) in [6, 6.07) is 0. The second kappa shape index (κ2) is 4.18. The molecule has 0 nitrogen and oxygen atoms in total. The van der Waals surface area contributed by atoms with Crippen LogP contribution in [0.1, 0.15) is 77.3 Å². The highest BCUT2D eigenvalue weighted by Crippen LogP contribution is 2.42. The van der Waals surface area contributed by atoms with E-state index in [0.717, 1.165) is 0 Å². The first kappa shape index (κ1) is 13.8. The van der Waals surface area contributed by atoms with Gasteiger partial charge in [-0.25, -0.2) is 0 Å². The van der Waals surface area contributed by atoms with Gasteiger partial charge in [-0.2, -0.15) is 0 Å². The molecule has 0 spiro atoms. The van der Waals surface area contributed by atoms with Gasteiger partial charge >= 0.3 is 0 Å². The van der Waals surface area contributed by atoms with Crippen LogP contribution in [0.25, 0.3) is 0 Å². The molecule has 1 aromatic rings. The predicted molar refractivity (Wildman–Crippen MR) is 75.8 cm³/mol. The molecule has 0 atom stereocenters. The molecule has 0 radical (unpaired) electrons. The van der Waals surface area contributed by atoms with Crippen molar-refractivity contribution < 1.29 is 0 Å². The molecule has 1 heteroatoms. The Morgan fingerprint density at radius 1 is 0.938 bits per heavy atom. The summed E-state index contributed by atoms with van der Waals surface area (Å²) in [7, 11) is 0. The van der Waals surface area contributed by atoms with Gasteiger partial charge in [0, 0.05) is 4.88 Å². The van der Waals surface area contributed by atoms with Crippen molar-refractivity contribution in [3.8, 4) is 0 Å². The van der Waals surface area contributed by atoms with Gasteiger partial charge in [0.1, 0.15) is 0 Å². The zero-order chi connectivity index (χ0) is 12.7. The second-order valence-corrected chi connectivity index (χ2v) is 7.93. The molecule has 0 aliphatic carbocycles. The molecule has 16 heavy (non-hydrogen) atoms. The van der Waals surface area contributed by atoms with E-state index in [4.69, 9.17) is 0 Å². The molecule has 1 heterocycles. The molecule has 0 amide bonds. The third-order valence-electron chi connectivity index (χ3n) is 2.90. The van der Waals surface area contributed by atoms with Gasteiger partial charge in [0.25, 0.3) is 0 Å². The quantitative estimate of drug-likeness (QED) is 0.609. The maximum absolute atomic E-state index is 2.37. The van der Waals surface area contributed by atoms with Crippen molar-refractivity contribution in [2.45, 2.75) is 72.1 Å². The monoisotopic (exact) mass is 238 g/mol. The van der Waals surface area contributed by atoms with Crippen LogP contribution in [0.2, 0.25) is 0 Å². The normalized spacial score (nSPS) is 13.6. The Kier molecular flexibility index (Phi) is 3.59. The van der Waals surface area contributed by atoms with Gasteiger partial charge in [0.2, 0.25) is 0 Å². The number of rotatable bonds is 1. The topological polar surface area (TPSA) is 0 Å². The molecule has 0 bridgehead atoms. The van der Waals surface area contributed by atoms with Crippen molar-refractivity contribution in [1.82, 2.24) is 0 Å². The van der Waals surface area contributed by atoms with Crippen molar-refractivity contribution >= 4 is 11.3 Å². The first-order chi connectivity index (χ1) is 7.05. The lowest BCUT2D eigenvalue weighted by molar-refractivity contribution is 0.560. The molecule has 1 aromatic heterocycles. The molecule has 0 aromatic carbocycles. The van der Waals surface area contributed by atoms with Crippen LogP contribution in [-0.2, 0) is 10.8 Å². The fourth-order valence-corrected chi connectivity index (χ4v) is 3.64. The highest BCUT2D eigenvalue weighted by atomic mass is 32.1. The highest BCUT2D eigenvalue weighted by Gasteiger charge is 2.28. The Hall–Kier alpha value is -0.300. The first-order valence-corrected chi connectivity index (χ1v) is 7.05. The van der Waals surface area contributed by atoms with E-state index in [1.54, 1.807) is 10.4 Å². The minimum absolute atomic E-state index is 0.263. The molecule has 1 rings (SSSR count). The summed E-state index contributed by atoms with van der Waals surface area (Å²) in [5.41, 5.74) is 3.66. The summed E-state index contributed by atoms with van der Waals surface area (Å²) in [5.74, 6) is 0.620. The molecular formula is C15H26S. The van der Waals surface area contributed by atoms with Crippen LogP contribution in [0.4, 0.5) is 0 Å². The molecule has 0 fully saturated rings. The minimum atomic E-state index is 0.263. The van der Waals surface area contributed by atoms with Gasteiger partial charge in [-0.15, -0.1) is 11.3 Å².